The van der Waals surface area contributed by atoms with Gasteiger partial charge in [-0.3, -0.25) is 4.98 Å². The normalized spacial score (nSPS) is 12.5. The number of aliphatic hydroxyl groups excluding tert-OH is 1. The summed E-state index contributed by atoms with van der Waals surface area (Å²) in [6, 6.07) is 7.55. The van der Waals surface area contributed by atoms with Gasteiger partial charge >= 0.3 is 0 Å². The quantitative estimate of drug-likeness (QED) is 0.753. The molecule has 6 nitrogen and oxygen atoms in total. The second-order valence-electron chi connectivity index (χ2n) is 5.22. The van der Waals surface area contributed by atoms with Crippen LogP contribution in [-0.4, -0.2) is 30.8 Å². The summed E-state index contributed by atoms with van der Waals surface area (Å²) >= 11 is 0. The first-order valence-corrected chi connectivity index (χ1v) is 7.26. The molecule has 0 aliphatic rings. The molecule has 1 atom stereocenters. The number of aromatic nitrogens is 4. The van der Waals surface area contributed by atoms with Crippen LogP contribution in [0, 0.1) is 0 Å². The van der Waals surface area contributed by atoms with Crippen LogP contribution in [0.5, 0.6) is 5.88 Å². The zero-order chi connectivity index (χ0) is 15.4. The minimum Gasteiger partial charge on any atom is -0.473 e. The van der Waals surface area contributed by atoms with E-state index in [0.717, 1.165) is 16.9 Å². The van der Waals surface area contributed by atoms with Crippen LogP contribution in [0.4, 0.5) is 0 Å². The van der Waals surface area contributed by atoms with E-state index in [1.165, 1.54) is 0 Å². The molecule has 0 fully saturated rings. The van der Waals surface area contributed by atoms with E-state index >= 15 is 0 Å². The zero-order valence-corrected chi connectivity index (χ0v) is 12.4. The molecule has 3 heterocycles. The first-order valence-electron chi connectivity index (χ1n) is 7.26. The van der Waals surface area contributed by atoms with Crippen molar-refractivity contribution in [2.45, 2.75) is 32.5 Å². The number of ether oxygens (including phenoxy) is 1. The Morgan fingerprint density at radius 2 is 2.23 bits per heavy atom. The third-order valence-electron chi connectivity index (χ3n) is 3.31. The van der Waals surface area contributed by atoms with E-state index in [0.29, 0.717) is 25.3 Å². The van der Waals surface area contributed by atoms with Gasteiger partial charge < -0.3 is 9.84 Å². The number of rotatable bonds is 6. The summed E-state index contributed by atoms with van der Waals surface area (Å²) in [6.07, 6.45) is 6.22. The minimum atomic E-state index is -0.345. The van der Waals surface area contributed by atoms with Crippen molar-refractivity contribution < 1.29 is 9.84 Å². The molecule has 114 valence electrons. The Balaban J connectivity index is 1.82. The molecule has 0 saturated heterocycles. The largest absolute Gasteiger partial charge is 0.473 e. The lowest BCUT2D eigenvalue weighted by atomic mass is 10.1. The number of hydrogen-bond donors (Lipinski definition) is 1. The van der Waals surface area contributed by atoms with E-state index in [4.69, 9.17) is 4.74 Å². The molecule has 0 amide bonds. The second-order valence-corrected chi connectivity index (χ2v) is 5.22. The zero-order valence-electron chi connectivity index (χ0n) is 12.4. The summed E-state index contributed by atoms with van der Waals surface area (Å²) in [4.78, 5) is 8.59. The second kappa shape index (κ2) is 6.53. The van der Waals surface area contributed by atoms with Crippen LogP contribution < -0.4 is 4.74 Å². The van der Waals surface area contributed by atoms with Crippen molar-refractivity contribution in [2.75, 3.05) is 0 Å². The van der Waals surface area contributed by atoms with Crippen molar-refractivity contribution in [3.05, 3.63) is 54.1 Å². The molecule has 0 radical (unpaired) electrons. The summed E-state index contributed by atoms with van der Waals surface area (Å²) in [7, 11) is 0. The van der Waals surface area contributed by atoms with Crippen LogP contribution >= 0.6 is 0 Å². The van der Waals surface area contributed by atoms with Crippen molar-refractivity contribution in [1.82, 2.24) is 19.6 Å². The van der Waals surface area contributed by atoms with Crippen LogP contribution in [0.15, 0.2) is 42.9 Å². The van der Waals surface area contributed by atoms with Gasteiger partial charge in [0.25, 0.3) is 0 Å². The predicted molar refractivity (Wildman–Crippen MR) is 81.6 cm³/mol. The average molecular weight is 298 g/mol. The van der Waals surface area contributed by atoms with E-state index < -0.39 is 0 Å². The molecule has 0 aliphatic carbocycles. The fourth-order valence-electron chi connectivity index (χ4n) is 2.16. The molecule has 1 unspecified atom stereocenters. The molecule has 0 aromatic carbocycles. The Hall–Kier alpha value is -2.47. The van der Waals surface area contributed by atoms with Gasteiger partial charge in [-0.05, 0) is 25.8 Å². The number of fused-ring (bicyclic) bond motifs is 1. The van der Waals surface area contributed by atoms with Crippen molar-refractivity contribution >= 4 is 5.65 Å². The predicted octanol–water partition coefficient (Wildman–Crippen LogP) is 2.02. The van der Waals surface area contributed by atoms with Crippen LogP contribution in [-0.2, 0) is 13.0 Å². The Kier molecular flexibility index (Phi) is 4.29. The van der Waals surface area contributed by atoms with Crippen molar-refractivity contribution in [2.24, 2.45) is 0 Å². The SMILES string of the molecule is CC(O)CCc1cc(OCc2cccnc2)n2nccc2n1. The highest BCUT2D eigenvalue weighted by atomic mass is 16.5. The summed E-state index contributed by atoms with van der Waals surface area (Å²) in [5.74, 6) is 0.638. The minimum absolute atomic E-state index is 0.345. The van der Waals surface area contributed by atoms with Gasteiger partial charge in [-0.15, -0.1) is 0 Å². The molecule has 6 heteroatoms. The molecule has 3 aromatic rings. The lowest BCUT2D eigenvalue weighted by Gasteiger charge is -2.10. The molecule has 3 aromatic heterocycles. The topological polar surface area (TPSA) is 72.5 Å². The Morgan fingerprint density at radius 3 is 3.00 bits per heavy atom. The van der Waals surface area contributed by atoms with Crippen LogP contribution in [0.1, 0.15) is 24.6 Å². The van der Waals surface area contributed by atoms with Gasteiger partial charge in [0.05, 0.1) is 12.3 Å². The molecule has 0 saturated carbocycles. The van der Waals surface area contributed by atoms with Crippen LogP contribution in [0.2, 0.25) is 0 Å². The van der Waals surface area contributed by atoms with Crippen molar-refractivity contribution in [1.29, 1.82) is 0 Å². The third-order valence-corrected chi connectivity index (χ3v) is 3.31. The number of pyridine rings is 1. The molecule has 0 aliphatic heterocycles. The summed E-state index contributed by atoms with van der Waals surface area (Å²) in [5.41, 5.74) is 2.62. The Labute approximate surface area is 128 Å². The van der Waals surface area contributed by atoms with E-state index in [-0.39, 0.29) is 6.10 Å². The molecule has 3 rings (SSSR count). The van der Waals surface area contributed by atoms with Crippen LogP contribution in [0.3, 0.4) is 0 Å². The highest BCUT2D eigenvalue weighted by molar-refractivity contribution is 5.41. The van der Waals surface area contributed by atoms with E-state index in [1.54, 1.807) is 30.0 Å². The smallest absolute Gasteiger partial charge is 0.218 e. The average Bonchev–Trinajstić information content (AvgIpc) is 3.00. The molecule has 0 bridgehead atoms. The van der Waals surface area contributed by atoms with E-state index in [9.17, 15) is 5.11 Å². The maximum absolute atomic E-state index is 9.42. The Bertz CT molecular complexity index is 740. The number of aliphatic hydroxyl groups is 1. The highest BCUT2D eigenvalue weighted by Crippen LogP contribution is 2.17. The molecular weight excluding hydrogens is 280 g/mol. The molecule has 1 N–H and O–H groups in total. The summed E-state index contributed by atoms with van der Waals surface area (Å²) in [5, 5.41) is 13.7. The first kappa shape index (κ1) is 14.5. The summed E-state index contributed by atoms with van der Waals surface area (Å²) < 4.78 is 7.54. The van der Waals surface area contributed by atoms with Gasteiger partial charge in [-0.1, -0.05) is 6.07 Å². The Morgan fingerprint density at radius 1 is 1.32 bits per heavy atom. The molecule has 0 spiro atoms. The number of hydrogen-bond acceptors (Lipinski definition) is 5. The van der Waals surface area contributed by atoms with Gasteiger partial charge in [-0.2, -0.15) is 9.61 Å². The monoisotopic (exact) mass is 298 g/mol. The lowest BCUT2D eigenvalue weighted by Crippen LogP contribution is -2.07. The number of aryl methyl sites for hydroxylation is 1. The maximum atomic E-state index is 9.42. The van der Waals surface area contributed by atoms with Gasteiger partial charge in [0, 0.05) is 35.8 Å². The molecule has 22 heavy (non-hydrogen) atoms. The van der Waals surface area contributed by atoms with Gasteiger partial charge in [0.2, 0.25) is 5.88 Å². The highest BCUT2D eigenvalue weighted by Gasteiger charge is 2.09. The lowest BCUT2D eigenvalue weighted by molar-refractivity contribution is 0.184. The van der Waals surface area contributed by atoms with Crippen molar-refractivity contribution in [3.63, 3.8) is 0 Å². The van der Waals surface area contributed by atoms with Crippen LogP contribution in [0.25, 0.3) is 5.65 Å². The standard InChI is InChI=1S/C16H18N4O2/c1-12(21)4-5-14-9-16(20-15(19-14)6-8-18-20)22-11-13-3-2-7-17-10-13/h2-3,6-10,12,21H,4-5,11H2,1H3. The van der Waals surface area contributed by atoms with E-state index in [2.05, 4.69) is 15.1 Å². The summed E-state index contributed by atoms with van der Waals surface area (Å²) in [6.45, 7) is 2.19. The van der Waals surface area contributed by atoms with Gasteiger partial charge in [-0.25, -0.2) is 4.98 Å². The fraction of sp³-hybridized carbons (Fsp3) is 0.312. The molecular formula is C16H18N4O2. The fourth-order valence-corrected chi connectivity index (χ4v) is 2.16. The maximum Gasteiger partial charge on any atom is 0.218 e. The van der Waals surface area contributed by atoms with Gasteiger partial charge in [0.1, 0.15) is 6.61 Å². The number of nitrogens with zero attached hydrogens (tertiary/aromatic N) is 4. The van der Waals surface area contributed by atoms with E-state index in [1.807, 2.05) is 24.3 Å². The van der Waals surface area contributed by atoms with Gasteiger partial charge in [0.15, 0.2) is 5.65 Å². The third kappa shape index (κ3) is 3.40. The first-order chi connectivity index (χ1) is 10.7. The van der Waals surface area contributed by atoms with Crippen molar-refractivity contribution in [3.8, 4) is 5.88 Å².